The summed E-state index contributed by atoms with van der Waals surface area (Å²) in [5.74, 6) is 1.97. The van der Waals surface area contributed by atoms with Gasteiger partial charge < -0.3 is 5.73 Å². The van der Waals surface area contributed by atoms with Gasteiger partial charge in [0.1, 0.15) is 5.37 Å². The van der Waals surface area contributed by atoms with Crippen molar-refractivity contribution in [2.45, 2.75) is 31.7 Å². The molecule has 0 aromatic carbocycles. The molecule has 6 heteroatoms. The minimum atomic E-state index is -3.05. The van der Waals surface area contributed by atoms with Crippen molar-refractivity contribution in [1.82, 2.24) is 4.90 Å². The first kappa shape index (κ1) is 15.3. The third kappa shape index (κ3) is 3.16. The molecule has 1 rings (SSSR count). The van der Waals surface area contributed by atoms with Gasteiger partial charge in [-0.05, 0) is 12.8 Å². The molecule has 0 radical (unpaired) electrons. The Morgan fingerprint density at radius 2 is 2.12 bits per heavy atom. The van der Waals surface area contributed by atoms with Gasteiger partial charge >= 0.3 is 0 Å². The van der Waals surface area contributed by atoms with Crippen LogP contribution in [-0.2, 0) is 9.84 Å². The van der Waals surface area contributed by atoms with Gasteiger partial charge in [0.2, 0.25) is 0 Å². The van der Waals surface area contributed by atoms with Crippen molar-refractivity contribution in [3.63, 3.8) is 0 Å². The zero-order valence-electron chi connectivity index (χ0n) is 11.1. The molecule has 1 saturated heterocycles. The summed E-state index contributed by atoms with van der Waals surface area (Å²) in [5.41, 5.74) is 5.66. The summed E-state index contributed by atoms with van der Waals surface area (Å²) in [7, 11) is -3.05. The van der Waals surface area contributed by atoms with Crippen LogP contribution >= 0.6 is 11.8 Å². The molecule has 4 nitrogen and oxygen atoms in total. The van der Waals surface area contributed by atoms with Crippen LogP contribution < -0.4 is 5.73 Å². The second-order valence-electron chi connectivity index (χ2n) is 5.27. The van der Waals surface area contributed by atoms with Gasteiger partial charge in [-0.1, -0.05) is 13.8 Å². The standard InChI is InChI=1S/C11H24N2O2S2/c1-9(2)11(3,8-12)13-5-6-16-7-10(13)17(4,14)15/h9-10H,5-8,12H2,1-4H3. The van der Waals surface area contributed by atoms with Gasteiger partial charge in [-0.2, -0.15) is 11.8 Å². The fourth-order valence-corrected chi connectivity index (χ4v) is 5.16. The van der Waals surface area contributed by atoms with Crippen molar-refractivity contribution in [2.75, 3.05) is 30.9 Å². The minimum absolute atomic E-state index is 0.241. The van der Waals surface area contributed by atoms with E-state index >= 15 is 0 Å². The van der Waals surface area contributed by atoms with E-state index in [9.17, 15) is 8.42 Å². The van der Waals surface area contributed by atoms with Gasteiger partial charge in [0.05, 0.1) is 0 Å². The van der Waals surface area contributed by atoms with Crippen LogP contribution in [0.5, 0.6) is 0 Å². The van der Waals surface area contributed by atoms with Crippen molar-refractivity contribution >= 4 is 21.6 Å². The Balaban J connectivity index is 3.07. The van der Waals surface area contributed by atoms with Crippen LogP contribution in [0.4, 0.5) is 0 Å². The molecule has 1 fully saturated rings. The maximum absolute atomic E-state index is 11.9. The maximum atomic E-state index is 11.9. The molecule has 0 aliphatic carbocycles. The van der Waals surface area contributed by atoms with Crippen LogP contribution in [0.25, 0.3) is 0 Å². The minimum Gasteiger partial charge on any atom is -0.329 e. The number of hydrogen-bond donors (Lipinski definition) is 1. The van der Waals surface area contributed by atoms with Crippen LogP contribution in [0.1, 0.15) is 20.8 Å². The van der Waals surface area contributed by atoms with Crippen molar-refractivity contribution < 1.29 is 8.42 Å². The number of sulfone groups is 1. The molecule has 1 aliphatic rings. The predicted molar refractivity (Wildman–Crippen MR) is 75.0 cm³/mol. The van der Waals surface area contributed by atoms with E-state index in [0.717, 1.165) is 12.3 Å². The normalized spacial score (nSPS) is 27.1. The summed E-state index contributed by atoms with van der Waals surface area (Å²) in [4.78, 5) is 2.10. The molecule has 17 heavy (non-hydrogen) atoms. The summed E-state index contributed by atoms with van der Waals surface area (Å²) in [5, 5.41) is -0.391. The van der Waals surface area contributed by atoms with E-state index in [4.69, 9.17) is 5.73 Å². The molecule has 1 heterocycles. The lowest BCUT2D eigenvalue weighted by Crippen LogP contribution is -2.63. The van der Waals surface area contributed by atoms with Crippen LogP contribution in [-0.4, -0.2) is 55.1 Å². The predicted octanol–water partition coefficient (Wildman–Crippen LogP) is 0.779. The van der Waals surface area contributed by atoms with E-state index in [2.05, 4.69) is 25.7 Å². The molecule has 0 aromatic heterocycles. The van der Waals surface area contributed by atoms with E-state index < -0.39 is 15.2 Å². The Morgan fingerprint density at radius 3 is 2.53 bits per heavy atom. The Morgan fingerprint density at radius 1 is 1.53 bits per heavy atom. The van der Waals surface area contributed by atoms with Crippen LogP contribution in [0, 0.1) is 5.92 Å². The van der Waals surface area contributed by atoms with Gasteiger partial charge in [-0.3, -0.25) is 4.90 Å². The summed E-state index contributed by atoms with van der Waals surface area (Å²) in [6.45, 7) is 7.57. The van der Waals surface area contributed by atoms with Crippen molar-refractivity contribution in [3.8, 4) is 0 Å². The van der Waals surface area contributed by atoms with Crippen LogP contribution in [0.2, 0.25) is 0 Å². The molecule has 102 valence electrons. The second-order valence-corrected chi connectivity index (χ2v) is 8.62. The van der Waals surface area contributed by atoms with Gasteiger partial charge in [-0.25, -0.2) is 8.42 Å². The third-order valence-electron chi connectivity index (χ3n) is 3.89. The fourth-order valence-electron chi connectivity index (χ4n) is 2.20. The molecule has 2 atom stereocenters. The van der Waals surface area contributed by atoms with Gasteiger partial charge in [0.15, 0.2) is 9.84 Å². The number of thioether (sulfide) groups is 1. The molecule has 0 bridgehead atoms. The van der Waals surface area contributed by atoms with E-state index in [-0.39, 0.29) is 5.54 Å². The number of nitrogens with two attached hydrogens (primary N) is 1. The molecular formula is C11H24N2O2S2. The number of rotatable bonds is 4. The number of nitrogens with zero attached hydrogens (tertiary/aromatic N) is 1. The molecule has 2 N–H and O–H groups in total. The van der Waals surface area contributed by atoms with E-state index in [1.54, 1.807) is 11.8 Å². The van der Waals surface area contributed by atoms with Crippen molar-refractivity contribution in [3.05, 3.63) is 0 Å². The average molecular weight is 280 g/mol. The van der Waals surface area contributed by atoms with Gasteiger partial charge in [0.25, 0.3) is 0 Å². The summed E-state index contributed by atoms with van der Waals surface area (Å²) in [6, 6.07) is 0. The third-order valence-corrected chi connectivity index (χ3v) is 6.54. The van der Waals surface area contributed by atoms with Crippen molar-refractivity contribution in [2.24, 2.45) is 11.7 Å². The lowest BCUT2D eigenvalue weighted by Gasteiger charge is -2.49. The molecular weight excluding hydrogens is 256 g/mol. The monoisotopic (exact) mass is 280 g/mol. The molecule has 0 saturated carbocycles. The molecule has 1 aliphatic heterocycles. The first-order valence-corrected chi connectivity index (χ1v) is 9.08. The van der Waals surface area contributed by atoms with E-state index in [1.165, 1.54) is 6.26 Å². The zero-order chi connectivity index (χ0) is 13.3. The Kier molecular flexibility index (Phi) is 4.91. The lowest BCUT2D eigenvalue weighted by atomic mass is 9.86. The molecule has 0 aromatic rings. The first-order chi connectivity index (χ1) is 7.73. The Bertz CT molecular complexity index is 356. The molecule has 2 unspecified atom stereocenters. The second kappa shape index (κ2) is 5.47. The summed E-state index contributed by atoms with van der Waals surface area (Å²) >= 11 is 1.71. The molecule has 0 spiro atoms. The SMILES string of the molecule is CC(C)C(C)(CN)N1CCSCC1S(C)(=O)=O. The highest BCUT2D eigenvalue weighted by molar-refractivity contribution is 8.00. The highest BCUT2D eigenvalue weighted by atomic mass is 32.2. The van der Waals surface area contributed by atoms with Crippen LogP contribution in [0.15, 0.2) is 0 Å². The largest absolute Gasteiger partial charge is 0.329 e. The summed E-state index contributed by atoms with van der Waals surface area (Å²) < 4.78 is 23.8. The lowest BCUT2D eigenvalue weighted by molar-refractivity contribution is 0.0634. The van der Waals surface area contributed by atoms with Gasteiger partial charge in [-0.15, -0.1) is 0 Å². The fraction of sp³-hybridized carbons (Fsp3) is 1.00. The van der Waals surface area contributed by atoms with Gasteiger partial charge in [0, 0.05) is 36.4 Å². The topological polar surface area (TPSA) is 63.4 Å². The Hall–Kier alpha value is 0.220. The highest BCUT2D eigenvalue weighted by Crippen LogP contribution is 2.32. The smallest absolute Gasteiger partial charge is 0.164 e. The van der Waals surface area contributed by atoms with E-state index in [0.29, 0.717) is 18.2 Å². The van der Waals surface area contributed by atoms with Crippen molar-refractivity contribution in [1.29, 1.82) is 0 Å². The average Bonchev–Trinajstić information content (AvgIpc) is 2.26. The quantitative estimate of drug-likeness (QED) is 0.824. The highest BCUT2D eigenvalue weighted by Gasteiger charge is 2.43. The molecule has 0 amide bonds. The Labute approximate surface area is 109 Å². The summed E-state index contributed by atoms with van der Waals surface area (Å²) in [6.07, 6.45) is 1.33. The van der Waals surface area contributed by atoms with E-state index in [1.807, 2.05) is 0 Å². The first-order valence-electron chi connectivity index (χ1n) is 5.97. The maximum Gasteiger partial charge on any atom is 0.164 e. The zero-order valence-corrected chi connectivity index (χ0v) is 12.8. The number of hydrogen-bond acceptors (Lipinski definition) is 5. The van der Waals surface area contributed by atoms with Crippen LogP contribution in [0.3, 0.4) is 0 Å².